The van der Waals surface area contributed by atoms with Crippen LogP contribution in [0.4, 0.5) is 0 Å². The highest BCUT2D eigenvalue weighted by molar-refractivity contribution is 6.42. The topological polar surface area (TPSA) is 44.0 Å². The lowest BCUT2D eigenvalue weighted by molar-refractivity contribution is 0.0233. The van der Waals surface area contributed by atoms with Crippen LogP contribution in [0.3, 0.4) is 0 Å². The van der Waals surface area contributed by atoms with Crippen molar-refractivity contribution in [3.8, 4) is 6.07 Å². The van der Waals surface area contributed by atoms with Crippen molar-refractivity contribution in [2.75, 3.05) is 0 Å². The molecule has 0 aliphatic heterocycles. The van der Waals surface area contributed by atoms with Gasteiger partial charge in [-0.25, -0.2) is 0 Å². The van der Waals surface area contributed by atoms with Gasteiger partial charge in [0.2, 0.25) is 0 Å². The van der Waals surface area contributed by atoms with E-state index in [0.29, 0.717) is 27.4 Å². The Hall–Kier alpha value is -0.750. The number of benzene rings is 1. The van der Waals surface area contributed by atoms with Crippen molar-refractivity contribution in [1.29, 1.82) is 5.26 Å². The molecular weight excluding hydrogens is 281 g/mol. The Balaban J connectivity index is 1.96. The van der Waals surface area contributed by atoms with E-state index in [9.17, 15) is 10.4 Å². The molecule has 19 heavy (non-hydrogen) atoms. The molecule has 2 saturated carbocycles. The van der Waals surface area contributed by atoms with E-state index in [2.05, 4.69) is 6.07 Å². The molecule has 0 radical (unpaired) electrons. The molecule has 4 heteroatoms. The van der Waals surface area contributed by atoms with Gasteiger partial charge in [0.05, 0.1) is 27.6 Å². The Morgan fingerprint density at radius 3 is 2.63 bits per heavy atom. The number of hydrogen-bond donors (Lipinski definition) is 1. The van der Waals surface area contributed by atoms with Gasteiger partial charge in [0, 0.05) is 0 Å². The van der Waals surface area contributed by atoms with Gasteiger partial charge in [-0.15, -0.1) is 0 Å². The summed E-state index contributed by atoms with van der Waals surface area (Å²) in [5, 5.41) is 21.2. The normalized spacial score (nSPS) is 34.2. The van der Waals surface area contributed by atoms with Crippen LogP contribution in [0.1, 0.15) is 37.4 Å². The molecule has 0 heterocycles. The van der Waals surface area contributed by atoms with Crippen LogP contribution in [0.5, 0.6) is 0 Å². The zero-order valence-corrected chi connectivity index (χ0v) is 12.0. The molecule has 2 bridgehead atoms. The summed E-state index contributed by atoms with van der Waals surface area (Å²) in [4.78, 5) is 0. The first-order chi connectivity index (χ1) is 9.06. The van der Waals surface area contributed by atoms with E-state index in [1.807, 2.05) is 0 Å². The largest absolute Gasteiger partial charge is 0.387 e. The third kappa shape index (κ3) is 1.96. The number of aliphatic hydroxyl groups excluding tert-OH is 1. The molecule has 2 fully saturated rings. The minimum atomic E-state index is -0.775. The number of aliphatic hydroxyl groups is 1. The fourth-order valence-electron chi connectivity index (χ4n) is 3.89. The van der Waals surface area contributed by atoms with Gasteiger partial charge < -0.3 is 5.11 Å². The Kier molecular flexibility index (Phi) is 3.25. The zero-order chi connectivity index (χ0) is 13.6. The lowest BCUT2D eigenvalue weighted by Gasteiger charge is -2.35. The highest BCUT2D eigenvalue weighted by Crippen LogP contribution is 2.60. The average molecular weight is 296 g/mol. The Morgan fingerprint density at radius 2 is 2.11 bits per heavy atom. The van der Waals surface area contributed by atoms with Gasteiger partial charge in [-0.05, 0) is 48.8 Å². The predicted molar refractivity (Wildman–Crippen MR) is 74.9 cm³/mol. The SMILES string of the molecule is N#CC1(C(O)c2ccc(Cl)c(Cl)c2)CC2CCC1C2. The first-order valence-electron chi connectivity index (χ1n) is 6.61. The summed E-state index contributed by atoms with van der Waals surface area (Å²) in [5.41, 5.74) is 0.0589. The number of rotatable bonds is 2. The van der Waals surface area contributed by atoms with Gasteiger partial charge in [-0.2, -0.15) is 5.26 Å². The molecule has 1 N–H and O–H groups in total. The number of hydrogen-bond acceptors (Lipinski definition) is 2. The van der Waals surface area contributed by atoms with E-state index in [1.54, 1.807) is 18.2 Å². The standard InChI is InChI=1S/C15H15Cl2NO/c16-12-4-2-10(6-13(12)17)14(19)15(8-18)7-9-1-3-11(15)5-9/h2,4,6,9,11,14,19H,1,3,5,7H2. The Morgan fingerprint density at radius 1 is 1.32 bits per heavy atom. The molecular formula is C15H15Cl2NO. The van der Waals surface area contributed by atoms with Crippen LogP contribution in [-0.4, -0.2) is 5.11 Å². The summed E-state index contributed by atoms with van der Waals surface area (Å²) in [6.45, 7) is 0. The number of nitriles is 1. The van der Waals surface area contributed by atoms with Crippen LogP contribution in [0, 0.1) is 28.6 Å². The second-order valence-corrected chi connectivity index (χ2v) is 6.62. The minimum absolute atomic E-state index is 0.312. The van der Waals surface area contributed by atoms with Crippen molar-refractivity contribution in [2.24, 2.45) is 17.3 Å². The van der Waals surface area contributed by atoms with Crippen molar-refractivity contribution >= 4 is 23.2 Å². The van der Waals surface area contributed by atoms with E-state index in [-0.39, 0.29) is 0 Å². The monoisotopic (exact) mass is 295 g/mol. The maximum Gasteiger partial charge on any atom is 0.0979 e. The second kappa shape index (κ2) is 4.66. The van der Waals surface area contributed by atoms with Gasteiger partial charge in [-0.1, -0.05) is 35.7 Å². The molecule has 4 atom stereocenters. The first kappa shape index (κ1) is 13.2. The molecule has 2 aliphatic carbocycles. The van der Waals surface area contributed by atoms with E-state index in [1.165, 1.54) is 6.42 Å². The molecule has 2 nitrogen and oxygen atoms in total. The van der Waals surface area contributed by atoms with Gasteiger partial charge in [-0.3, -0.25) is 0 Å². The van der Waals surface area contributed by atoms with Crippen LogP contribution >= 0.6 is 23.2 Å². The number of nitrogens with zero attached hydrogens (tertiary/aromatic N) is 1. The lowest BCUT2D eigenvalue weighted by atomic mass is 9.68. The summed E-state index contributed by atoms with van der Waals surface area (Å²) < 4.78 is 0. The molecule has 1 aromatic carbocycles. The lowest BCUT2D eigenvalue weighted by Crippen LogP contribution is -2.33. The maximum atomic E-state index is 10.7. The fourth-order valence-corrected chi connectivity index (χ4v) is 4.19. The van der Waals surface area contributed by atoms with Crippen molar-refractivity contribution < 1.29 is 5.11 Å². The van der Waals surface area contributed by atoms with Gasteiger partial charge in [0.25, 0.3) is 0 Å². The second-order valence-electron chi connectivity index (χ2n) is 5.81. The van der Waals surface area contributed by atoms with Crippen molar-refractivity contribution in [1.82, 2.24) is 0 Å². The maximum absolute atomic E-state index is 10.7. The fraction of sp³-hybridized carbons (Fsp3) is 0.533. The molecule has 2 aliphatic rings. The van der Waals surface area contributed by atoms with E-state index >= 15 is 0 Å². The van der Waals surface area contributed by atoms with Gasteiger partial charge >= 0.3 is 0 Å². The van der Waals surface area contributed by atoms with Crippen molar-refractivity contribution in [3.63, 3.8) is 0 Å². The molecule has 1 aromatic rings. The molecule has 4 unspecified atom stereocenters. The third-order valence-corrected chi connectivity index (χ3v) is 5.59. The van der Waals surface area contributed by atoms with E-state index < -0.39 is 11.5 Å². The van der Waals surface area contributed by atoms with E-state index in [4.69, 9.17) is 23.2 Å². The quantitative estimate of drug-likeness (QED) is 0.881. The Bertz CT molecular complexity index is 554. The smallest absolute Gasteiger partial charge is 0.0979 e. The van der Waals surface area contributed by atoms with E-state index in [0.717, 1.165) is 19.3 Å². The first-order valence-corrected chi connectivity index (χ1v) is 7.36. The minimum Gasteiger partial charge on any atom is -0.387 e. The van der Waals surface area contributed by atoms with Crippen LogP contribution in [0.2, 0.25) is 10.0 Å². The Labute approximate surface area is 122 Å². The zero-order valence-electron chi connectivity index (χ0n) is 10.4. The van der Waals surface area contributed by atoms with Gasteiger partial charge in [0.1, 0.15) is 0 Å². The van der Waals surface area contributed by atoms with Crippen LogP contribution in [0.15, 0.2) is 18.2 Å². The molecule has 0 spiro atoms. The molecule has 0 saturated heterocycles. The average Bonchev–Trinajstić information content (AvgIpc) is 3.02. The predicted octanol–water partition coefficient (Wildman–Crippen LogP) is 4.36. The molecule has 100 valence electrons. The summed E-state index contributed by atoms with van der Waals surface area (Å²) in [6.07, 6.45) is 3.35. The van der Waals surface area contributed by atoms with Gasteiger partial charge in [0.15, 0.2) is 0 Å². The van der Waals surface area contributed by atoms with Crippen molar-refractivity contribution in [2.45, 2.75) is 31.8 Å². The summed E-state index contributed by atoms with van der Waals surface area (Å²) in [6, 6.07) is 7.54. The number of halogens is 2. The highest BCUT2D eigenvalue weighted by Gasteiger charge is 2.55. The molecule has 0 aromatic heterocycles. The summed E-state index contributed by atoms with van der Waals surface area (Å²) in [7, 11) is 0. The third-order valence-electron chi connectivity index (χ3n) is 4.85. The molecule has 3 rings (SSSR count). The number of fused-ring (bicyclic) bond motifs is 2. The van der Waals surface area contributed by atoms with Crippen LogP contribution < -0.4 is 0 Å². The summed E-state index contributed by atoms with van der Waals surface area (Å²) >= 11 is 11.9. The highest BCUT2D eigenvalue weighted by atomic mass is 35.5. The van der Waals surface area contributed by atoms with Crippen molar-refractivity contribution in [3.05, 3.63) is 33.8 Å². The van der Waals surface area contributed by atoms with Crippen LogP contribution in [-0.2, 0) is 0 Å². The summed E-state index contributed by atoms with van der Waals surface area (Å²) in [5.74, 6) is 0.911. The molecule has 0 amide bonds. The van der Waals surface area contributed by atoms with Crippen LogP contribution in [0.25, 0.3) is 0 Å².